The number of hydrogen-bond donors (Lipinski definition) is 2. The number of alkyl halides is 3. The molecule has 0 aliphatic carbocycles. The monoisotopic (exact) mass is 363 g/mol. The van der Waals surface area contributed by atoms with E-state index < -0.39 is 17.6 Å². The number of rotatable bonds is 2. The number of nitrogens with two attached hydrogens (primary N) is 1. The lowest BCUT2D eigenvalue weighted by atomic mass is 10.1. The van der Waals surface area contributed by atoms with Crippen LogP contribution < -0.4 is 11.1 Å². The Morgan fingerprint density at radius 3 is 2.48 bits per heavy atom. The summed E-state index contributed by atoms with van der Waals surface area (Å²) in [5.74, 6) is -1.10. The third-order valence-electron chi connectivity index (χ3n) is 2.75. The molecule has 0 amide bonds. The Bertz CT molecular complexity index is 686. The quantitative estimate of drug-likeness (QED) is 0.764. The van der Waals surface area contributed by atoms with Crippen LogP contribution in [0.5, 0.6) is 0 Å². The second-order valence-electron chi connectivity index (χ2n) is 4.30. The highest BCUT2D eigenvalue weighted by molar-refractivity contribution is 9.10. The molecule has 21 heavy (non-hydrogen) atoms. The normalized spacial score (nSPS) is 11.5. The number of pyridine rings is 1. The first-order chi connectivity index (χ1) is 9.68. The highest BCUT2D eigenvalue weighted by atomic mass is 79.9. The Morgan fingerprint density at radius 2 is 1.86 bits per heavy atom. The van der Waals surface area contributed by atoms with Crippen LogP contribution in [-0.4, -0.2) is 4.98 Å². The van der Waals surface area contributed by atoms with Crippen LogP contribution in [0.25, 0.3) is 0 Å². The number of nitrogens with zero attached hydrogens (tertiary/aromatic N) is 1. The lowest BCUT2D eigenvalue weighted by Gasteiger charge is -2.16. The highest BCUT2D eigenvalue weighted by Gasteiger charge is 2.34. The van der Waals surface area contributed by atoms with Crippen molar-refractivity contribution in [2.75, 3.05) is 11.1 Å². The van der Waals surface area contributed by atoms with Gasteiger partial charge in [0.1, 0.15) is 0 Å². The van der Waals surface area contributed by atoms with E-state index in [9.17, 15) is 17.6 Å². The molecule has 0 radical (unpaired) electrons. The number of aromatic nitrogens is 1. The Balaban J connectivity index is 2.47. The lowest BCUT2D eigenvalue weighted by molar-refractivity contribution is -0.137. The van der Waals surface area contributed by atoms with Crippen molar-refractivity contribution in [3.8, 4) is 0 Å². The van der Waals surface area contributed by atoms with E-state index in [1.54, 1.807) is 0 Å². The molecule has 0 saturated heterocycles. The molecule has 8 heteroatoms. The summed E-state index contributed by atoms with van der Waals surface area (Å²) in [6, 6.07) is 4.66. The van der Waals surface area contributed by atoms with Crippen molar-refractivity contribution in [3.05, 3.63) is 45.8 Å². The Labute approximate surface area is 126 Å². The third kappa shape index (κ3) is 3.44. The average Bonchev–Trinajstić information content (AvgIpc) is 2.36. The van der Waals surface area contributed by atoms with Crippen LogP contribution in [0.2, 0.25) is 0 Å². The molecular weight excluding hydrogens is 354 g/mol. The van der Waals surface area contributed by atoms with E-state index in [0.717, 1.165) is 12.1 Å². The molecule has 0 atom stereocenters. The van der Waals surface area contributed by atoms with E-state index in [0.29, 0.717) is 10.2 Å². The van der Waals surface area contributed by atoms with Crippen molar-refractivity contribution in [3.63, 3.8) is 0 Å². The molecule has 0 bridgehead atoms. The molecule has 112 valence electrons. The molecule has 0 unspecified atom stereocenters. The van der Waals surface area contributed by atoms with Crippen molar-refractivity contribution >= 4 is 33.1 Å². The largest absolute Gasteiger partial charge is 0.418 e. The Morgan fingerprint density at radius 1 is 1.19 bits per heavy atom. The van der Waals surface area contributed by atoms with Gasteiger partial charge in [0.15, 0.2) is 11.6 Å². The van der Waals surface area contributed by atoms with Crippen molar-refractivity contribution in [2.24, 2.45) is 0 Å². The maximum absolute atomic E-state index is 13.4. The van der Waals surface area contributed by atoms with E-state index >= 15 is 0 Å². The highest BCUT2D eigenvalue weighted by Crippen LogP contribution is 2.38. The summed E-state index contributed by atoms with van der Waals surface area (Å²) in [6.07, 6.45) is -4.54. The number of benzene rings is 1. The van der Waals surface area contributed by atoms with Crippen LogP contribution in [0.1, 0.15) is 11.3 Å². The van der Waals surface area contributed by atoms with Gasteiger partial charge >= 0.3 is 6.18 Å². The number of halogens is 5. The van der Waals surface area contributed by atoms with E-state index in [-0.39, 0.29) is 17.2 Å². The molecule has 0 spiro atoms. The number of anilines is 3. The van der Waals surface area contributed by atoms with E-state index in [2.05, 4.69) is 26.2 Å². The molecule has 1 heterocycles. The van der Waals surface area contributed by atoms with Gasteiger partial charge in [0.05, 0.1) is 22.6 Å². The predicted molar refractivity (Wildman–Crippen MR) is 75.8 cm³/mol. The summed E-state index contributed by atoms with van der Waals surface area (Å²) >= 11 is 2.99. The summed E-state index contributed by atoms with van der Waals surface area (Å²) in [5.41, 5.74) is 4.66. The lowest BCUT2D eigenvalue weighted by Crippen LogP contribution is -2.10. The predicted octanol–water partition coefficient (Wildman–Crippen LogP) is 4.64. The minimum Gasteiger partial charge on any atom is -0.381 e. The molecular formula is C13H10BrF4N3. The first kappa shape index (κ1) is 15.6. The van der Waals surface area contributed by atoms with Crippen molar-refractivity contribution in [1.29, 1.82) is 0 Å². The van der Waals surface area contributed by atoms with Crippen molar-refractivity contribution < 1.29 is 17.6 Å². The number of nitrogen functional groups attached to an aromatic ring is 1. The summed E-state index contributed by atoms with van der Waals surface area (Å²) in [5, 5.41) is 2.54. The van der Waals surface area contributed by atoms with E-state index in [4.69, 9.17) is 5.73 Å². The van der Waals surface area contributed by atoms with Crippen molar-refractivity contribution in [1.82, 2.24) is 4.98 Å². The fourth-order valence-electron chi connectivity index (χ4n) is 1.73. The van der Waals surface area contributed by atoms with Gasteiger partial charge in [-0.05, 0) is 25.1 Å². The van der Waals surface area contributed by atoms with Crippen LogP contribution in [0.15, 0.2) is 28.7 Å². The van der Waals surface area contributed by atoms with Gasteiger partial charge in [0.25, 0.3) is 0 Å². The van der Waals surface area contributed by atoms with E-state index in [1.165, 1.54) is 19.1 Å². The van der Waals surface area contributed by atoms with E-state index in [1.807, 2.05) is 0 Å². The SMILES string of the molecule is Cc1nc(N)c(F)cc1Nc1ccc(Br)cc1C(F)(F)F. The van der Waals surface area contributed by atoms with Crippen LogP contribution in [-0.2, 0) is 6.18 Å². The van der Waals surface area contributed by atoms with Crippen LogP contribution in [0.3, 0.4) is 0 Å². The maximum Gasteiger partial charge on any atom is 0.418 e. The molecule has 1 aromatic carbocycles. The summed E-state index contributed by atoms with van der Waals surface area (Å²) in [7, 11) is 0. The second-order valence-corrected chi connectivity index (χ2v) is 5.22. The average molecular weight is 364 g/mol. The fourth-order valence-corrected chi connectivity index (χ4v) is 2.09. The molecule has 3 nitrogen and oxygen atoms in total. The van der Waals surface area contributed by atoms with Gasteiger partial charge < -0.3 is 11.1 Å². The second kappa shape index (κ2) is 5.51. The Hall–Kier alpha value is -1.83. The minimum atomic E-state index is -4.54. The van der Waals surface area contributed by atoms with Crippen molar-refractivity contribution in [2.45, 2.75) is 13.1 Å². The van der Waals surface area contributed by atoms with Crippen LogP contribution in [0.4, 0.5) is 34.8 Å². The fraction of sp³-hybridized carbons (Fsp3) is 0.154. The molecule has 2 aromatic rings. The van der Waals surface area contributed by atoms with Gasteiger partial charge in [-0.15, -0.1) is 0 Å². The molecule has 1 aromatic heterocycles. The van der Waals surface area contributed by atoms with Gasteiger partial charge in [-0.3, -0.25) is 0 Å². The van der Waals surface area contributed by atoms with Gasteiger partial charge in [-0.2, -0.15) is 13.2 Å². The van der Waals surface area contributed by atoms with Crippen LogP contribution in [0, 0.1) is 12.7 Å². The number of aryl methyl sites for hydroxylation is 1. The summed E-state index contributed by atoms with van der Waals surface area (Å²) < 4.78 is 52.7. The first-order valence-corrected chi connectivity index (χ1v) is 6.54. The summed E-state index contributed by atoms with van der Waals surface area (Å²) in [6.45, 7) is 1.52. The van der Waals surface area contributed by atoms with Gasteiger partial charge in [-0.25, -0.2) is 9.37 Å². The Kier molecular flexibility index (Phi) is 4.08. The number of nitrogens with one attached hydrogen (secondary N) is 1. The zero-order valence-electron chi connectivity index (χ0n) is 10.7. The standard InChI is InChI=1S/C13H10BrF4N3/c1-6-11(5-9(15)12(19)20-6)21-10-3-2-7(14)4-8(10)13(16,17)18/h2-5,21H,1H3,(H2,19,20). The third-order valence-corrected chi connectivity index (χ3v) is 3.24. The molecule has 2 rings (SSSR count). The van der Waals surface area contributed by atoms with Gasteiger partial charge in [-0.1, -0.05) is 15.9 Å². The molecule has 0 aliphatic heterocycles. The zero-order valence-corrected chi connectivity index (χ0v) is 12.3. The maximum atomic E-state index is 13.4. The molecule has 3 N–H and O–H groups in total. The van der Waals surface area contributed by atoms with Gasteiger partial charge in [0.2, 0.25) is 0 Å². The first-order valence-electron chi connectivity index (χ1n) is 5.75. The molecule has 0 aliphatic rings. The zero-order chi connectivity index (χ0) is 15.8. The molecule has 0 fully saturated rings. The number of hydrogen-bond acceptors (Lipinski definition) is 3. The topological polar surface area (TPSA) is 50.9 Å². The molecule has 0 saturated carbocycles. The minimum absolute atomic E-state index is 0.120. The van der Waals surface area contributed by atoms with Crippen LogP contribution >= 0.6 is 15.9 Å². The van der Waals surface area contributed by atoms with Gasteiger partial charge in [0, 0.05) is 10.5 Å². The smallest absolute Gasteiger partial charge is 0.381 e. The summed E-state index contributed by atoms with van der Waals surface area (Å²) in [4.78, 5) is 3.73.